The van der Waals surface area contributed by atoms with E-state index < -0.39 is 0 Å². The summed E-state index contributed by atoms with van der Waals surface area (Å²) < 4.78 is 54.7. The van der Waals surface area contributed by atoms with Crippen LogP contribution in [0.25, 0.3) is 0 Å². The molecule has 0 aliphatic rings. The summed E-state index contributed by atoms with van der Waals surface area (Å²) in [6.45, 7) is 4.38. The number of benzene rings is 3. The molecule has 1 amide bonds. The molecule has 0 fully saturated rings. The van der Waals surface area contributed by atoms with Crippen molar-refractivity contribution in [1.82, 2.24) is 50.1 Å². The van der Waals surface area contributed by atoms with Crippen LogP contribution < -0.4 is 29.3 Å². The minimum Gasteiger partial charge on any atom is -0.437 e. The number of carbonyl (C=O) groups excluding carboxylic acids is 1. The van der Waals surface area contributed by atoms with E-state index in [1.165, 1.54) is 105 Å². The molecule has 0 bridgehead atoms. The summed E-state index contributed by atoms with van der Waals surface area (Å²) in [4.78, 5) is 48.6. The molecule has 0 atom stereocenters. The highest BCUT2D eigenvalue weighted by atomic mass is 35.5. The maximum absolute atomic E-state index is 12.9. The Hall–Kier alpha value is -6.93. The van der Waals surface area contributed by atoms with Gasteiger partial charge in [0, 0.05) is 54.2 Å². The summed E-state index contributed by atoms with van der Waals surface area (Å²) in [6, 6.07) is 17.0. The fourth-order valence-electron chi connectivity index (χ4n) is 4.67. The second-order valence-corrected chi connectivity index (χ2v) is 14.5. The third-order valence-corrected chi connectivity index (χ3v) is 8.80. The molecule has 0 radical (unpaired) electrons. The molecule has 346 valence electrons. The standard InChI is InChI=1S/C16H19FN4O2.C14H17FN4O.C10H6ClFN2O.C4H2Cl2N2/c1-12(22)20(2)8-9-21(3)15-10-18-11-16(19-15)23-14-6-4-13(17)5-7-14;1-16-7-8-19(2)13-9-17-10-14(18-13)20-12-5-3-11(15)4-6-12;11-9-5-13-6-10(14-9)15-8-3-1-7(12)2-4-8;5-3-1-7-2-4(6)8-3/h4-7,10-11H,8-9H2,1-3H3;3-6,9-10,16H,7-8H2,1-2H3;1-6H;1-2H. The van der Waals surface area contributed by atoms with Gasteiger partial charge in [0.2, 0.25) is 23.5 Å². The van der Waals surface area contributed by atoms with Crippen LogP contribution in [0.15, 0.2) is 122 Å². The molecule has 0 spiro atoms. The molecular formula is C44H44Cl3F3N12O4. The zero-order chi connectivity index (χ0) is 47.8. The molecule has 0 aliphatic carbocycles. The van der Waals surface area contributed by atoms with Crippen LogP contribution in [0.5, 0.6) is 34.9 Å². The summed E-state index contributed by atoms with van der Waals surface area (Å²) in [5.74, 6) is 2.87. The Bertz CT molecular complexity index is 2520. The van der Waals surface area contributed by atoms with E-state index in [1.807, 2.05) is 30.9 Å². The fraction of sp³-hybridized carbons (Fsp3) is 0.205. The molecule has 4 heterocycles. The van der Waals surface area contributed by atoms with Crippen molar-refractivity contribution in [2.24, 2.45) is 0 Å². The zero-order valence-electron chi connectivity index (χ0n) is 36.2. The summed E-state index contributed by atoms with van der Waals surface area (Å²) >= 11 is 16.4. The van der Waals surface area contributed by atoms with Gasteiger partial charge in [-0.05, 0) is 79.8 Å². The number of aromatic nitrogens is 8. The Morgan fingerprint density at radius 3 is 1.21 bits per heavy atom. The number of ether oxygens (including phenoxy) is 3. The Balaban J connectivity index is 0.000000202. The van der Waals surface area contributed by atoms with Gasteiger partial charge in [0.25, 0.3) is 0 Å². The highest BCUT2D eigenvalue weighted by molar-refractivity contribution is 6.32. The van der Waals surface area contributed by atoms with Crippen molar-refractivity contribution in [3.05, 3.63) is 155 Å². The minimum absolute atomic E-state index is 0.0119. The van der Waals surface area contributed by atoms with E-state index in [0.717, 1.165) is 18.9 Å². The van der Waals surface area contributed by atoms with Gasteiger partial charge in [0.15, 0.2) is 16.8 Å². The molecular weight excluding hydrogens is 924 g/mol. The number of hydrogen-bond acceptors (Lipinski definition) is 15. The molecule has 0 saturated heterocycles. The number of anilines is 2. The van der Waals surface area contributed by atoms with Gasteiger partial charge in [0.05, 0.1) is 49.6 Å². The first kappa shape index (κ1) is 51.7. The van der Waals surface area contributed by atoms with E-state index in [4.69, 9.17) is 49.0 Å². The zero-order valence-corrected chi connectivity index (χ0v) is 38.5. The number of nitrogens with zero attached hydrogens (tertiary/aromatic N) is 11. The monoisotopic (exact) mass is 966 g/mol. The average molecular weight is 968 g/mol. The first-order valence-electron chi connectivity index (χ1n) is 19.5. The average Bonchev–Trinajstić information content (AvgIpc) is 3.30. The smallest absolute Gasteiger partial charge is 0.239 e. The number of likely N-dealkylation sites (N-methyl/N-ethyl adjacent to an activating group) is 4. The second kappa shape index (κ2) is 27.4. The van der Waals surface area contributed by atoms with Crippen molar-refractivity contribution in [3.8, 4) is 34.9 Å². The van der Waals surface area contributed by atoms with Crippen LogP contribution in [0, 0.1) is 17.5 Å². The Kier molecular flexibility index (Phi) is 21.5. The molecule has 22 heteroatoms. The lowest BCUT2D eigenvalue weighted by Gasteiger charge is -2.22. The lowest BCUT2D eigenvalue weighted by Crippen LogP contribution is -2.33. The minimum atomic E-state index is -0.327. The predicted octanol–water partition coefficient (Wildman–Crippen LogP) is 9.23. The summed E-state index contributed by atoms with van der Waals surface area (Å²) in [7, 11) is 7.44. The van der Waals surface area contributed by atoms with Gasteiger partial charge in [0.1, 0.15) is 45.0 Å². The molecule has 7 rings (SSSR count). The van der Waals surface area contributed by atoms with E-state index in [0.29, 0.717) is 58.2 Å². The number of amides is 1. The van der Waals surface area contributed by atoms with Gasteiger partial charge >= 0.3 is 0 Å². The maximum Gasteiger partial charge on any atom is 0.239 e. The molecule has 16 nitrogen and oxygen atoms in total. The molecule has 0 saturated carbocycles. The first-order valence-corrected chi connectivity index (χ1v) is 20.6. The summed E-state index contributed by atoms with van der Waals surface area (Å²) in [6.07, 6.45) is 12.0. The van der Waals surface area contributed by atoms with Gasteiger partial charge in [-0.1, -0.05) is 34.8 Å². The molecule has 1 N–H and O–H groups in total. The van der Waals surface area contributed by atoms with E-state index in [1.54, 1.807) is 36.5 Å². The van der Waals surface area contributed by atoms with Crippen molar-refractivity contribution in [2.45, 2.75) is 6.92 Å². The first-order chi connectivity index (χ1) is 31.7. The quantitative estimate of drug-likeness (QED) is 0.109. The molecule has 66 heavy (non-hydrogen) atoms. The van der Waals surface area contributed by atoms with Gasteiger partial charge in [-0.25, -0.2) is 18.2 Å². The van der Waals surface area contributed by atoms with Crippen LogP contribution in [0.1, 0.15) is 6.92 Å². The summed E-state index contributed by atoms with van der Waals surface area (Å²) in [5.41, 5.74) is 0. The lowest BCUT2D eigenvalue weighted by atomic mass is 10.3. The normalized spacial score (nSPS) is 10.1. The third kappa shape index (κ3) is 19.4. The number of hydrogen-bond donors (Lipinski definition) is 1. The lowest BCUT2D eigenvalue weighted by molar-refractivity contribution is -0.127. The summed E-state index contributed by atoms with van der Waals surface area (Å²) in [5, 5.41) is 3.95. The van der Waals surface area contributed by atoms with Crippen LogP contribution in [-0.4, -0.2) is 105 Å². The highest BCUT2D eigenvalue weighted by Crippen LogP contribution is 2.23. The highest BCUT2D eigenvalue weighted by Gasteiger charge is 2.10. The van der Waals surface area contributed by atoms with Crippen LogP contribution in [-0.2, 0) is 4.79 Å². The largest absolute Gasteiger partial charge is 0.437 e. The van der Waals surface area contributed by atoms with Crippen molar-refractivity contribution in [2.75, 3.05) is 64.2 Å². The van der Waals surface area contributed by atoms with Crippen molar-refractivity contribution < 1.29 is 32.2 Å². The fourth-order valence-corrected chi connectivity index (χ4v) is 5.15. The van der Waals surface area contributed by atoms with E-state index in [2.05, 4.69) is 45.2 Å². The van der Waals surface area contributed by atoms with E-state index in [9.17, 15) is 18.0 Å². The van der Waals surface area contributed by atoms with Gasteiger partial charge in [-0.2, -0.15) is 15.0 Å². The SMILES string of the molecule is CC(=O)N(C)CCN(C)c1cncc(Oc2ccc(F)cc2)n1.CNCCN(C)c1cncc(Oc2ccc(F)cc2)n1.Clc1cncc(Cl)n1.Fc1ccc(Oc2cncc(Cl)n2)cc1. The van der Waals surface area contributed by atoms with Crippen LogP contribution >= 0.6 is 34.8 Å². The number of halogens is 6. The number of carbonyl (C=O) groups is 1. The number of nitrogens with one attached hydrogen (secondary N) is 1. The molecule has 0 aliphatic heterocycles. The van der Waals surface area contributed by atoms with E-state index in [-0.39, 0.29) is 34.4 Å². The van der Waals surface area contributed by atoms with Crippen molar-refractivity contribution >= 4 is 52.3 Å². The van der Waals surface area contributed by atoms with Crippen LogP contribution in [0.2, 0.25) is 15.5 Å². The third-order valence-electron chi connectivity index (χ3n) is 8.25. The van der Waals surface area contributed by atoms with Gasteiger partial charge in [-0.15, -0.1) is 0 Å². The predicted molar refractivity (Wildman–Crippen MR) is 246 cm³/mol. The van der Waals surface area contributed by atoms with Crippen LogP contribution in [0.4, 0.5) is 24.8 Å². The Morgan fingerprint density at radius 2 is 0.864 bits per heavy atom. The Labute approximate surface area is 394 Å². The molecule has 7 aromatic rings. The van der Waals surface area contributed by atoms with E-state index >= 15 is 0 Å². The van der Waals surface area contributed by atoms with Gasteiger partial charge in [-0.3, -0.25) is 24.7 Å². The maximum atomic E-state index is 12.9. The van der Waals surface area contributed by atoms with Crippen LogP contribution in [0.3, 0.4) is 0 Å². The number of rotatable bonds is 14. The van der Waals surface area contributed by atoms with Crippen molar-refractivity contribution in [1.29, 1.82) is 0 Å². The molecule has 3 aromatic carbocycles. The second-order valence-electron chi connectivity index (χ2n) is 13.3. The topological polar surface area (TPSA) is 170 Å². The van der Waals surface area contributed by atoms with Gasteiger partial charge < -0.3 is 34.2 Å². The van der Waals surface area contributed by atoms with Crippen molar-refractivity contribution in [3.63, 3.8) is 0 Å². The Morgan fingerprint density at radius 1 is 0.515 bits per heavy atom. The molecule has 4 aromatic heterocycles. The molecule has 0 unspecified atom stereocenters.